The van der Waals surface area contributed by atoms with Crippen LogP contribution >= 0.6 is 58.5 Å². The number of halogens is 2. The molecule has 0 spiro atoms. The van der Waals surface area contributed by atoms with Gasteiger partial charge in [0, 0.05) is 0 Å². The summed E-state index contributed by atoms with van der Waals surface area (Å²) in [7, 11) is 0. The van der Waals surface area contributed by atoms with Gasteiger partial charge in [-0.05, 0) is 43.4 Å². The van der Waals surface area contributed by atoms with Gasteiger partial charge >= 0.3 is 0 Å². The lowest BCUT2D eigenvalue weighted by Crippen LogP contribution is -2.22. The Balaban J connectivity index is 1.72. The van der Waals surface area contributed by atoms with Crippen molar-refractivity contribution in [2.24, 2.45) is 0 Å². The molecule has 26 heavy (non-hydrogen) atoms. The van der Waals surface area contributed by atoms with Crippen LogP contribution < -0.4 is 5.32 Å². The second kappa shape index (κ2) is 8.54. The van der Waals surface area contributed by atoms with Gasteiger partial charge in [0.15, 0.2) is 8.29 Å². The number of amides is 1. The monoisotopic (exact) mass is 441 g/mol. The standard InChI is InChI=1S/C17H13Cl2N3OS3/c1-10(15(23)20-13-9-5-8-12(18)14(13)19)25-16-21-22(17(24)26-16)11-6-3-2-4-7-11/h2-10H,1H3,(H,20,23)/t10-/m0/s1. The van der Waals surface area contributed by atoms with Gasteiger partial charge in [-0.3, -0.25) is 4.79 Å². The van der Waals surface area contributed by atoms with Crippen molar-refractivity contribution < 1.29 is 4.79 Å². The first-order chi connectivity index (χ1) is 12.5. The number of rotatable bonds is 5. The number of carbonyl (C=O) groups excluding carboxylic acids is 1. The summed E-state index contributed by atoms with van der Waals surface area (Å²) in [5.41, 5.74) is 1.38. The molecule has 9 heteroatoms. The van der Waals surface area contributed by atoms with Gasteiger partial charge in [0.1, 0.15) is 0 Å². The van der Waals surface area contributed by atoms with E-state index in [0.717, 1.165) is 10.0 Å². The minimum absolute atomic E-state index is 0.188. The lowest BCUT2D eigenvalue weighted by molar-refractivity contribution is -0.115. The Morgan fingerprint density at radius 2 is 1.96 bits per heavy atom. The molecule has 1 N–H and O–H groups in total. The highest BCUT2D eigenvalue weighted by molar-refractivity contribution is 8.02. The van der Waals surface area contributed by atoms with E-state index in [1.165, 1.54) is 23.1 Å². The summed E-state index contributed by atoms with van der Waals surface area (Å²) < 4.78 is 3.05. The topological polar surface area (TPSA) is 46.9 Å². The predicted molar refractivity (Wildman–Crippen MR) is 113 cm³/mol. The van der Waals surface area contributed by atoms with Crippen molar-refractivity contribution in [1.29, 1.82) is 0 Å². The second-order valence-corrected chi connectivity index (χ2v) is 9.23. The minimum atomic E-state index is -0.380. The Labute approximate surface area is 174 Å². The lowest BCUT2D eigenvalue weighted by Gasteiger charge is -2.12. The van der Waals surface area contributed by atoms with E-state index in [9.17, 15) is 4.79 Å². The molecule has 0 fully saturated rings. The van der Waals surface area contributed by atoms with Crippen LogP contribution in [-0.2, 0) is 4.79 Å². The highest BCUT2D eigenvalue weighted by atomic mass is 35.5. The summed E-state index contributed by atoms with van der Waals surface area (Å²) in [5.74, 6) is -0.188. The highest BCUT2D eigenvalue weighted by Gasteiger charge is 2.19. The Morgan fingerprint density at radius 3 is 2.69 bits per heavy atom. The van der Waals surface area contributed by atoms with Crippen molar-refractivity contribution in [3.8, 4) is 5.69 Å². The molecule has 2 aromatic carbocycles. The first-order valence-electron chi connectivity index (χ1n) is 7.53. The van der Waals surface area contributed by atoms with Crippen LogP contribution in [0.3, 0.4) is 0 Å². The van der Waals surface area contributed by atoms with Crippen molar-refractivity contribution in [2.75, 3.05) is 5.32 Å². The largest absolute Gasteiger partial charge is 0.324 e. The Hall–Kier alpha value is -1.38. The number of carbonyl (C=O) groups is 1. The molecule has 0 radical (unpaired) electrons. The molecular formula is C17H13Cl2N3OS3. The van der Waals surface area contributed by atoms with Gasteiger partial charge in [0.25, 0.3) is 0 Å². The molecule has 0 saturated carbocycles. The molecule has 0 aliphatic rings. The van der Waals surface area contributed by atoms with Crippen LogP contribution in [0.15, 0.2) is 52.9 Å². The fourth-order valence-corrected chi connectivity index (χ4v) is 4.93. The number of hydrogen-bond acceptors (Lipinski definition) is 5. The van der Waals surface area contributed by atoms with Gasteiger partial charge in [-0.1, -0.05) is 70.6 Å². The van der Waals surface area contributed by atoms with Gasteiger partial charge < -0.3 is 5.32 Å². The van der Waals surface area contributed by atoms with E-state index >= 15 is 0 Å². The summed E-state index contributed by atoms with van der Waals surface area (Å²) in [5, 5.41) is 7.64. The van der Waals surface area contributed by atoms with Crippen LogP contribution in [0.2, 0.25) is 10.0 Å². The van der Waals surface area contributed by atoms with Gasteiger partial charge in [-0.25, -0.2) is 4.68 Å². The van der Waals surface area contributed by atoms with Gasteiger partial charge in [-0.2, -0.15) is 0 Å². The maximum Gasteiger partial charge on any atom is 0.237 e. The summed E-state index contributed by atoms with van der Waals surface area (Å²) >= 11 is 20.2. The minimum Gasteiger partial charge on any atom is -0.324 e. The zero-order valence-corrected chi connectivity index (χ0v) is 17.4. The maximum atomic E-state index is 12.5. The van der Waals surface area contributed by atoms with E-state index in [0.29, 0.717) is 19.7 Å². The van der Waals surface area contributed by atoms with Crippen LogP contribution in [0, 0.1) is 3.95 Å². The van der Waals surface area contributed by atoms with Gasteiger partial charge in [0.05, 0.1) is 26.7 Å². The lowest BCUT2D eigenvalue weighted by atomic mass is 10.3. The first kappa shape index (κ1) is 19.4. The SMILES string of the molecule is C[C@H](Sc1nn(-c2ccccc2)c(=S)s1)C(=O)Nc1cccc(Cl)c1Cl. The summed E-state index contributed by atoms with van der Waals surface area (Å²) in [6, 6.07) is 14.8. The average Bonchev–Trinajstić information content (AvgIpc) is 2.99. The Kier molecular flexibility index (Phi) is 6.37. The molecule has 0 unspecified atom stereocenters. The molecule has 3 rings (SSSR count). The fourth-order valence-electron chi connectivity index (χ4n) is 2.08. The molecule has 1 heterocycles. The van der Waals surface area contributed by atoms with Crippen LogP contribution in [0.4, 0.5) is 5.69 Å². The quantitative estimate of drug-likeness (QED) is 0.384. The van der Waals surface area contributed by atoms with E-state index < -0.39 is 0 Å². The Bertz CT molecular complexity index is 988. The van der Waals surface area contributed by atoms with Gasteiger partial charge in [0.2, 0.25) is 5.91 Å². The van der Waals surface area contributed by atoms with Crippen LogP contribution in [0.5, 0.6) is 0 Å². The molecule has 0 saturated heterocycles. The number of anilines is 1. The third-order valence-corrected chi connectivity index (χ3v) is 6.62. The van der Waals surface area contributed by atoms with Gasteiger partial charge in [-0.15, -0.1) is 5.10 Å². The first-order valence-corrected chi connectivity index (χ1v) is 10.4. The average molecular weight is 442 g/mol. The van der Waals surface area contributed by atoms with Crippen LogP contribution in [0.1, 0.15) is 6.92 Å². The van der Waals surface area contributed by atoms with Crippen molar-refractivity contribution >= 4 is 70.1 Å². The molecule has 1 amide bonds. The van der Waals surface area contributed by atoms with E-state index in [4.69, 9.17) is 35.4 Å². The van der Waals surface area contributed by atoms with Crippen molar-refractivity contribution in [3.05, 3.63) is 62.5 Å². The molecule has 134 valence electrons. The number of benzene rings is 2. The third-order valence-electron chi connectivity index (χ3n) is 3.39. The molecule has 0 aliphatic carbocycles. The number of aromatic nitrogens is 2. The zero-order chi connectivity index (χ0) is 18.7. The van der Waals surface area contributed by atoms with Crippen LogP contribution in [-0.4, -0.2) is 20.9 Å². The number of nitrogens with one attached hydrogen (secondary N) is 1. The second-order valence-electron chi connectivity index (χ2n) is 5.23. The summed E-state index contributed by atoms with van der Waals surface area (Å²) in [6.07, 6.45) is 0. The van der Waals surface area contributed by atoms with E-state index in [2.05, 4.69) is 10.4 Å². The van der Waals surface area contributed by atoms with Crippen LogP contribution in [0.25, 0.3) is 5.69 Å². The summed E-state index contributed by atoms with van der Waals surface area (Å²) in [4.78, 5) is 12.5. The number of para-hydroxylation sites is 1. The Morgan fingerprint density at radius 1 is 1.23 bits per heavy atom. The zero-order valence-electron chi connectivity index (χ0n) is 13.5. The molecule has 1 atom stereocenters. The third kappa shape index (κ3) is 4.47. The van der Waals surface area contributed by atoms with E-state index in [-0.39, 0.29) is 11.2 Å². The van der Waals surface area contributed by atoms with Crippen molar-refractivity contribution in [1.82, 2.24) is 9.78 Å². The maximum absolute atomic E-state index is 12.5. The summed E-state index contributed by atoms with van der Waals surface area (Å²) in [6.45, 7) is 1.80. The number of thioether (sulfide) groups is 1. The molecular weight excluding hydrogens is 429 g/mol. The fraction of sp³-hybridized carbons (Fsp3) is 0.118. The number of hydrogen-bond donors (Lipinski definition) is 1. The molecule has 1 aromatic heterocycles. The molecule has 3 aromatic rings. The predicted octanol–water partition coefficient (Wildman–Crippen LogP) is 6.09. The van der Waals surface area contributed by atoms with Crippen molar-refractivity contribution in [2.45, 2.75) is 16.5 Å². The normalized spacial score (nSPS) is 12.0. The molecule has 0 aliphatic heterocycles. The molecule has 4 nitrogen and oxygen atoms in total. The number of nitrogens with zero attached hydrogens (tertiary/aromatic N) is 2. The van der Waals surface area contributed by atoms with Crippen molar-refractivity contribution in [3.63, 3.8) is 0 Å². The van der Waals surface area contributed by atoms with E-state index in [1.54, 1.807) is 29.8 Å². The van der Waals surface area contributed by atoms with E-state index in [1.807, 2.05) is 30.3 Å². The smallest absolute Gasteiger partial charge is 0.237 e. The molecule has 0 bridgehead atoms. The highest BCUT2D eigenvalue weighted by Crippen LogP contribution is 2.32.